The van der Waals surface area contributed by atoms with Crippen molar-refractivity contribution < 1.29 is 4.79 Å². The number of carbonyl (C=O) groups is 1. The summed E-state index contributed by atoms with van der Waals surface area (Å²) in [6.45, 7) is 2.95. The van der Waals surface area contributed by atoms with Crippen LogP contribution in [-0.4, -0.2) is 22.5 Å². The first-order valence-corrected chi connectivity index (χ1v) is 7.56. The number of rotatable bonds is 5. The summed E-state index contributed by atoms with van der Waals surface area (Å²) in [5.41, 5.74) is 2.55. The Labute approximate surface area is 133 Å². The number of nitrogens with zero attached hydrogens (tertiary/aromatic N) is 3. The zero-order valence-electron chi connectivity index (χ0n) is 12.2. The highest BCUT2D eigenvalue weighted by Gasteiger charge is 2.12. The molecule has 112 valence electrons. The zero-order chi connectivity index (χ0) is 15.5. The summed E-state index contributed by atoms with van der Waals surface area (Å²) in [4.78, 5) is 15.3. The number of anilines is 1. The fourth-order valence-corrected chi connectivity index (χ4v) is 2.69. The van der Waals surface area contributed by atoms with Crippen molar-refractivity contribution in [3.8, 4) is 0 Å². The molecule has 1 aromatic carbocycles. The van der Waals surface area contributed by atoms with Crippen molar-refractivity contribution in [2.45, 2.75) is 13.3 Å². The van der Waals surface area contributed by atoms with Gasteiger partial charge in [0.2, 0.25) is 0 Å². The lowest BCUT2D eigenvalue weighted by Crippen LogP contribution is -2.29. The van der Waals surface area contributed by atoms with Crippen molar-refractivity contribution in [1.29, 1.82) is 0 Å². The van der Waals surface area contributed by atoms with Gasteiger partial charge < -0.3 is 0 Å². The summed E-state index contributed by atoms with van der Waals surface area (Å²) < 4.78 is 1.94. The summed E-state index contributed by atoms with van der Waals surface area (Å²) in [7, 11) is 0. The highest BCUT2D eigenvalue weighted by molar-refractivity contribution is 6.31. The van der Waals surface area contributed by atoms with E-state index >= 15 is 0 Å². The normalized spacial score (nSPS) is 10.8. The van der Waals surface area contributed by atoms with E-state index in [9.17, 15) is 4.79 Å². The molecule has 0 amide bonds. The van der Waals surface area contributed by atoms with E-state index in [1.807, 2.05) is 41.3 Å². The Balaban J connectivity index is 2.14. The van der Waals surface area contributed by atoms with Crippen LogP contribution >= 0.6 is 11.6 Å². The molecule has 0 unspecified atom stereocenters. The predicted molar refractivity (Wildman–Crippen MR) is 89.6 cm³/mol. The maximum absolute atomic E-state index is 10.9. The van der Waals surface area contributed by atoms with Gasteiger partial charge in [-0.05, 0) is 36.8 Å². The number of pyridine rings is 1. The predicted octanol–water partition coefficient (Wildman–Crippen LogP) is 4.18. The Morgan fingerprint density at radius 2 is 2.18 bits per heavy atom. The van der Waals surface area contributed by atoms with E-state index in [0.717, 1.165) is 35.8 Å². The van der Waals surface area contributed by atoms with Crippen LogP contribution in [0.25, 0.3) is 10.9 Å². The number of carbonyl (C=O) groups excluding carboxylic acids is 1. The molecule has 0 radical (unpaired) electrons. The van der Waals surface area contributed by atoms with E-state index in [1.165, 1.54) is 0 Å². The molecule has 22 heavy (non-hydrogen) atoms. The Morgan fingerprint density at radius 1 is 1.32 bits per heavy atom. The largest absolute Gasteiger partial charge is 0.298 e. The molecule has 0 spiro atoms. The van der Waals surface area contributed by atoms with E-state index in [4.69, 9.17) is 11.6 Å². The topological polar surface area (TPSA) is 38.1 Å². The Kier molecular flexibility index (Phi) is 4.11. The van der Waals surface area contributed by atoms with Crippen molar-refractivity contribution >= 4 is 34.5 Å². The lowest BCUT2D eigenvalue weighted by atomic mass is 10.2. The molecular weight excluding hydrogens is 298 g/mol. The van der Waals surface area contributed by atoms with Crippen LogP contribution in [0.15, 0.2) is 48.9 Å². The van der Waals surface area contributed by atoms with E-state index in [0.29, 0.717) is 10.6 Å². The van der Waals surface area contributed by atoms with Gasteiger partial charge in [0, 0.05) is 41.1 Å². The highest BCUT2D eigenvalue weighted by atomic mass is 35.5. The van der Waals surface area contributed by atoms with Crippen molar-refractivity contribution in [3.63, 3.8) is 0 Å². The van der Waals surface area contributed by atoms with Crippen molar-refractivity contribution in [3.05, 3.63) is 59.5 Å². The van der Waals surface area contributed by atoms with Crippen LogP contribution < -0.4 is 5.01 Å². The van der Waals surface area contributed by atoms with E-state index in [1.54, 1.807) is 12.3 Å². The third kappa shape index (κ3) is 2.70. The van der Waals surface area contributed by atoms with Crippen molar-refractivity contribution in [1.82, 2.24) is 9.66 Å². The van der Waals surface area contributed by atoms with E-state index in [-0.39, 0.29) is 0 Å². The van der Waals surface area contributed by atoms with Gasteiger partial charge in [-0.2, -0.15) is 0 Å². The molecule has 0 N–H and O–H groups in total. The maximum Gasteiger partial charge on any atom is 0.151 e. The second-order valence-corrected chi connectivity index (χ2v) is 5.49. The molecular formula is C17H16ClN3O. The van der Waals surface area contributed by atoms with Crippen LogP contribution in [0, 0.1) is 0 Å². The molecule has 0 saturated carbocycles. The quantitative estimate of drug-likeness (QED) is 0.663. The first-order chi connectivity index (χ1) is 10.7. The van der Waals surface area contributed by atoms with Gasteiger partial charge in [0.05, 0.1) is 11.2 Å². The molecule has 0 bridgehead atoms. The van der Waals surface area contributed by atoms with Gasteiger partial charge in [0.1, 0.15) is 0 Å². The van der Waals surface area contributed by atoms with Gasteiger partial charge in [0.25, 0.3) is 0 Å². The molecule has 0 aliphatic carbocycles. The summed E-state index contributed by atoms with van der Waals surface area (Å²) in [5.74, 6) is 0. The molecule has 0 aliphatic rings. The molecule has 2 aromatic heterocycles. The molecule has 0 aliphatic heterocycles. The number of benzene rings is 1. The van der Waals surface area contributed by atoms with Crippen LogP contribution in [0.4, 0.5) is 5.69 Å². The van der Waals surface area contributed by atoms with Gasteiger partial charge in [-0.1, -0.05) is 18.5 Å². The summed E-state index contributed by atoms with van der Waals surface area (Å²) in [6, 6.07) is 9.48. The summed E-state index contributed by atoms with van der Waals surface area (Å²) in [6.07, 6.45) is 7.32. The molecule has 3 aromatic rings. The lowest BCUT2D eigenvalue weighted by Gasteiger charge is -2.26. The third-order valence-electron chi connectivity index (χ3n) is 3.51. The Hall–Kier alpha value is -2.33. The van der Waals surface area contributed by atoms with Crippen LogP contribution in [0.2, 0.25) is 5.02 Å². The van der Waals surface area contributed by atoms with Crippen LogP contribution in [-0.2, 0) is 0 Å². The fraction of sp³-hybridized carbons (Fsp3) is 0.176. The first-order valence-electron chi connectivity index (χ1n) is 7.18. The average Bonchev–Trinajstić information content (AvgIpc) is 3.00. The van der Waals surface area contributed by atoms with E-state index < -0.39 is 0 Å². The van der Waals surface area contributed by atoms with Gasteiger partial charge in [-0.15, -0.1) is 0 Å². The molecule has 0 saturated heterocycles. The minimum absolute atomic E-state index is 0.655. The van der Waals surface area contributed by atoms with Gasteiger partial charge in [-0.3, -0.25) is 19.5 Å². The number of halogens is 1. The smallest absolute Gasteiger partial charge is 0.151 e. The summed E-state index contributed by atoms with van der Waals surface area (Å²) in [5, 5.41) is 3.83. The number of aldehydes is 1. The monoisotopic (exact) mass is 313 g/mol. The van der Waals surface area contributed by atoms with Gasteiger partial charge in [-0.25, -0.2) is 0 Å². The minimum Gasteiger partial charge on any atom is -0.298 e. The molecule has 5 heteroatoms. The van der Waals surface area contributed by atoms with Crippen molar-refractivity contribution in [2.75, 3.05) is 11.6 Å². The number of aromatic nitrogens is 2. The maximum atomic E-state index is 10.9. The van der Waals surface area contributed by atoms with Crippen LogP contribution in [0.5, 0.6) is 0 Å². The van der Waals surface area contributed by atoms with Gasteiger partial charge in [0.15, 0.2) is 6.29 Å². The average molecular weight is 314 g/mol. The highest BCUT2D eigenvalue weighted by Crippen LogP contribution is 2.28. The minimum atomic E-state index is 0.655. The zero-order valence-corrected chi connectivity index (χ0v) is 13.0. The Bertz CT molecular complexity index is 813. The van der Waals surface area contributed by atoms with Gasteiger partial charge >= 0.3 is 0 Å². The number of hydrogen-bond acceptors (Lipinski definition) is 3. The van der Waals surface area contributed by atoms with Crippen LogP contribution in [0.3, 0.4) is 0 Å². The SMILES string of the molecule is CCCN(c1ccnc2cc(Cl)ccc12)n1ccc(C=O)c1. The molecule has 2 heterocycles. The second-order valence-electron chi connectivity index (χ2n) is 5.06. The Morgan fingerprint density at radius 3 is 2.91 bits per heavy atom. The number of hydrogen-bond donors (Lipinski definition) is 0. The lowest BCUT2D eigenvalue weighted by molar-refractivity contribution is 0.112. The van der Waals surface area contributed by atoms with Crippen LogP contribution in [0.1, 0.15) is 23.7 Å². The first kappa shape index (κ1) is 14.6. The molecule has 4 nitrogen and oxygen atoms in total. The standard InChI is InChI=1S/C17H16ClN3O/c1-2-8-21(20-9-6-13(11-20)12-22)17-5-7-19-16-10-14(18)3-4-15(16)17/h3-7,9-12H,2,8H2,1H3. The molecule has 0 atom stereocenters. The summed E-state index contributed by atoms with van der Waals surface area (Å²) >= 11 is 6.05. The molecule has 3 rings (SSSR count). The van der Waals surface area contributed by atoms with Crippen molar-refractivity contribution in [2.24, 2.45) is 0 Å². The third-order valence-corrected chi connectivity index (χ3v) is 3.75. The van der Waals surface area contributed by atoms with E-state index in [2.05, 4.69) is 16.9 Å². The number of fused-ring (bicyclic) bond motifs is 1. The molecule has 0 fully saturated rings. The fourth-order valence-electron chi connectivity index (χ4n) is 2.52. The second kappa shape index (κ2) is 6.20.